The van der Waals surface area contributed by atoms with Crippen LogP contribution in [0.25, 0.3) is 11.5 Å². The van der Waals surface area contributed by atoms with E-state index in [2.05, 4.69) is 26.6 Å². The summed E-state index contributed by atoms with van der Waals surface area (Å²) in [6, 6.07) is 5.79. The van der Waals surface area contributed by atoms with Crippen molar-refractivity contribution in [2.24, 2.45) is 5.92 Å². The summed E-state index contributed by atoms with van der Waals surface area (Å²) in [7, 11) is 0. The molecule has 0 aliphatic heterocycles. The highest BCUT2D eigenvalue weighted by molar-refractivity contribution is 7.99. The predicted molar refractivity (Wildman–Crippen MR) is 83.1 cm³/mol. The van der Waals surface area contributed by atoms with E-state index in [9.17, 15) is 10.1 Å². The third-order valence-electron chi connectivity index (χ3n) is 3.67. The molecule has 0 spiro atoms. The van der Waals surface area contributed by atoms with Crippen LogP contribution in [0.2, 0.25) is 0 Å². The first kappa shape index (κ1) is 15.5. The molecule has 23 heavy (non-hydrogen) atoms. The average molecular weight is 329 g/mol. The molecule has 1 atom stereocenters. The summed E-state index contributed by atoms with van der Waals surface area (Å²) in [5.74, 6) is 0.522. The highest BCUT2D eigenvalue weighted by Gasteiger charge is 2.42. The lowest BCUT2D eigenvalue weighted by atomic mass is 9.98. The van der Waals surface area contributed by atoms with Crippen molar-refractivity contribution in [1.82, 2.24) is 20.5 Å². The number of rotatable bonds is 6. The van der Waals surface area contributed by atoms with Gasteiger partial charge in [0.25, 0.3) is 5.22 Å². The molecule has 7 nitrogen and oxygen atoms in total. The second-order valence-corrected chi connectivity index (χ2v) is 6.47. The average Bonchev–Trinajstić information content (AvgIpc) is 3.33. The number of nitrogens with one attached hydrogen (secondary N) is 1. The van der Waals surface area contributed by atoms with Crippen LogP contribution in [-0.4, -0.2) is 32.4 Å². The molecule has 2 aromatic rings. The van der Waals surface area contributed by atoms with E-state index in [-0.39, 0.29) is 17.6 Å². The van der Waals surface area contributed by atoms with E-state index in [0.29, 0.717) is 11.1 Å². The number of pyridine rings is 1. The Labute approximate surface area is 137 Å². The number of amides is 1. The van der Waals surface area contributed by atoms with Crippen LogP contribution in [0.1, 0.15) is 19.8 Å². The summed E-state index contributed by atoms with van der Waals surface area (Å²) >= 11 is 1.15. The van der Waals surface area contributed by atoms with Crippen LogP contribution in [0.5, 0.6) is 0 Å². The monoisotopic (exact) mass is 329 g/mol. The van der Waals surface area contributed by atoms with Crippen LogP contribution in [0.3, 0.4) is 0 Å². The van der Waals surface area contributed by atoms with Crippen LogP contribution in [0.4, 0.5) is 0 Å². The van der Waals surface area contributed by atoms with Crippen molar-refractivity contribution in [2.45, 2.75) is 30.5 Å². The maximum absolute atomic E-state index is 12.0. The Kier molecular flexibility index (Phi) is 4.30. The van der Waals surface area contributed by atoms with Gasteiger partial charge in [0.2, 0.25) is 11.8 Å². The number of carbonyl (C=O) groups excluding carboxylic acids is 1. The molecule has 1 saturated carbocycles. The van der Waals surface area contributed by atoms with E-state index < -0.39 is 5.54 Å². The summed E-state index contributed by atoms with van der Waals surface area (Å²) < 4.78 is 5.49. The van der Waals surface area contributed by atoms with Crippen molar-refractivity contribution in [2.75, 3.05) is 5.75 Å². The third kappa shape index (κ3) is 3.68. The molecule has 2 aromatic heterocycles. The maximum atomic E-state index is 12.0. The molecule has 1 aliphatic carbocycles. The first-order valence-corrected chi connectivity index (χ1v) is 8.18. The number of carbonyl (C=O) groups is 1. The van der Waals surface area contributed by atoms with Gasteiger partial charge in [0, 0.05) is 12.4 Å². The van der Waals surface area contributed by atoms with E-state index in [1.807, 2.05) is 6.07 Å². The molecule has 3 rings (SSSR count). The van der Waals surface area contributed by atoms with Gasteiger partial charge in [-0.05, 0) is 37.8 Å². The van der Waals surface area contributed by atoms with E-state index >= 15 is 0 Å². The molecule has 0 aromatic carbocycles. The van der Waals surface area contributed by atoms with E-state index in [1.165, 1.54) is 0 Å². The number of aromatic nitrogens is 3. The highest BCUT2D eigenvalue weighted by Crippen LogP contribution is 2.39. The fourth-order valence-corrected chi connectivity index (χ4v) is 2.77. The standard InChI is InChI=1S/C15H15N5O2S/c1-15(9-16,11-4-5-11)18-12(21)8-23-14-20-19-13(22-14)10-3-2-6-17-7-10/h2-3,6-7,11H,4-5,8H2,1H3,(H,18,21)/t15-/m0/s1. The van der Waals surface area contributed by atoms with E-state index in [4.69, 9.17) is 4.42 Å². The van der Waals surface area contributed by atoms with Crippen molar-refractivity contribution >= 4 is 17.7 Å². The maximum Gasteiger partial charge on any atom is 0.277 e. The van der Waals surface area contributed by atoms with Crippen molar-refractivity contribution in [1.29, 1.82) is 5.26 Å². The van der Waals surface area contributed by atoms with Gasteiger partial charge in [-0.2, -0.15) is 5.26 Å². The van der Waals surface area contributed by atoms with E-state index in [0.717, 1.165) is 30.2 Å². The van der Waals surface area contributed by atoms with Gasteiger partial charge in [0.05, 0.1) is 17.4 Å². The molecule has 1 fully saturated rings. The van der Waals surface area contributed by atoms with Gasteiger partial charge in [0.15, 0.2) is 0 Å². The van der Waals surface area contributed by atoms with Crippen molar-refractivity contribution < 1.29 is 9.21 Å². The molecule has 118 valence electrons. The second-order valence-electron chi connectivity index (χ2n) is 5.54. The molecular weight excluding hydrogens is 314 g/mol. The SMILES string of the molecule is C[C@@](C#N)(NC(=O)CSc1nnc(-c2cccnc2)o1)C1CC1. The topological polar surface area (TPSA) is 105 Å². The van der Waals surface area contributed by atoms with Crippen molar-refractivity contribution in [3.05, 3.63) is 24.5 Å². The molecule has 1 aliphatic rings. The second kappa shape index (κ2) is 6.38. The Morgan fingerprint density at radius 1 is 1.57 bits per heavy atom. The third-order valence-corrected chi connectivity index (χ3v) is 4.49. The van der Waals surface area contributed by atoms with Gasteiger partial charge >= 0.3 is 0 Å². The minimum atomic E-state index is -0.784. The van der Waals surface area contributed by atoms with Crippen LogP contribution in [0, 0.1) is 17.2 Å². The molecule has 0 radical (unpaired) electrons. The summed E-state index contributed by atoms with van der Waals surface area (Å²) in [5, 5.41) is 20.2. The molecular formula is C15H15N5O2S. The number of hydrogen-bond acceptors (Lipinski definition) is 7. The molecule has 1 N–H and O–H groups in total. The zero-order chi connectivity index (χ0) is 16.3. The highest BCUT2D eigenvalue weighted by atomic mass is 32.2. The van der Waals surface area contributed by atoms with Gasteiger partial charge in [-0.25, -0.2) is 0 Å². The van der Waals surface area contributed by atoms with Crippen LogP contribution in [0.15, 0.2) is 34.2 Å². The normalized spacial score (nSPS) is 16.3. The fourth-order valence-electron chi connectivity index (χ4n) is 2.21. The Balaban J connectivity index is 1.56. The minimum absolute atomic E-state index is 0.124. The summed E-state index contributed by atoms with van der Waals surface area (Å²) in [4.78, 5) is 16.0. The lowest BCUT2D eigenvalue weighted by Crippen LogP contribution is -2.47. The molecule has 0 saturated heterocycles. The zero-order valence-electron chi connectivity index (χ0n) is 12.5. The predicted octanol–water partition coefficient (Wildman–Crippen LogP) is 2.03. The molecule has 8 heteroatoms. The Morgan fingerprint density at radius 2 is 2.39 bits per heavy atom. The minimum Gasteiger partial charge on any atom is -0.411 e. The lowest BCUT2D eigenvalue weighted by molar-refractivity contribution is -0.119. The van der Waals surface area contributed by atoms with Crippen molar-refractivity contribution in [3.8, 4) is 17.5 Å². The first-order chi connectivity index (χ1) is 11.1. The fraction of sp³-hybridized carbons (Fsp3) is 0.400. The number of hydrogen-bond donors (Lipinski definition) is 1. The van der Waals surface area contributed by atoms with Gasteiger partial charge in [-0.1, -0.05) is 11.8 Å². The van der Waals surface area contributed by atoms with Crippen LogP contribution < -0.4 is 5.32 Å². The molecule has 0 bridgehead atoms. The largest absolute Gasteiger partial charge is 0.411 e. The van der Waals surface area contributed by atoms with Gasteiger partial charge in [-0.3, -0.25) is 9.78 Å². The molecule has 1 amide bonds. The Morgan fingerprint density at radius 3 is 3.04 bits per heavy atom. The molecule has 2 heterocycles. The van der Waals surface area contributed by atoms with Crippen LogP contribution in [-0.2, 0) is 4.79 Å². The Bertz CT molecular complexity index is 738. The number of nitrogens with zero attached hydrogens (tertiary/aromatic N) is 4. The van der Waals surface area contributed by atoms with Crippen LogP contribution >= 0.6 is 11.8 Å². The summed E-state index contributed by atoms with van der Waals surface area (Å²) in [6.07, 6.45) is 5.25. The van der Waals surface area contributed by atoms with E-state index in [1.54, 1.807) is 25.4 Å². The number of thioether (sulfide) groups is 1. The quantitative estimate of drug-likeness (QED) is 0.808. The van der Waals surface area contributed by atoms with Gasteiger partial charge in [0.1, 0.15) is 5.54 Å². The number of nitriles is 1. The smallest absolute Gasteiger partial charge is 0.277 e. The van der Waals surface area contributed by atoms with Crippen molar-refractivity contribution in [3.63, 3.8) is 0 Å². The lowest BCUT2D eigenvalue weighted by Gasteiger charge is -2.22. The summed E-state index contributed by atoms with van der Waals surface area (Å²) in [6.45, 7) is 1.76. The van der Waals surface area contributed by atoms with Gasteiger partial charge < -0.3 is 9.73 Å². The summed E-state index contributed by atoms with van der Waals surface area (Å²) in [5.41, 5.74) is -0.0602. The molecule has 0 unspecified atom stereocenters. The first-order valence-electron chi connectivity index (χ1n) is 7.20. The van der Waals surface area contributed by atoms with Gasteiger partial charge in [-0.15, -0.1) is 10.2 Å². The Hall–Kier alpha value is -2.40. The zero-order valence-corrected chi connectivity index (χ0v) is 13.3.